The first kappa shape index (κ1) is 15.5. The molecule has 0 aromatic carbocycles. The maximum atomic E-state index is 11.5. The molecule has 1 saturated heterocycles. The van der Waals surface area contributed by atoms with Gasteiger partial charge in [-0.05, 0) is 18.4 Å². The molecule has 8 heteroatoms. The molecular formula is C9H18BrNO4SSi. The smallest absolute Gasteiger partial charge is 0.377 e. The van der Waals surface area contributed by atoms with E-state index < -0.39 is 8.80 Å². The number of halogens is 1. The number of carbonyl (C=O) groups excluding carboxylic acids is 1. The molecule has 0 bridgehead atoms. The Morgan fingerprint density at radius 3 is 2.41 bits per heavy atom. The Morgan fingerprint density at radius 2 is 2.00 bits per heavy atom. The summed E-state index contributed by atoms with van der Waals surface area (Å²) in [6.45, 7) is 0.705. The minimum absolute atomic E-state index is 0.177. The maximum absolute atomic E-state index is 11.5. The minimum Gasteiger partial charge on any atom is -0.377 e. The van der Waals surface area contributed by atoms with Crippen molar-refractivity contribution in [2.75, 3.05) is 27.9 Å². The van der Waals surface area contributed by atoms with Crippen molar-refractivity contribution in [1.82, 2.24) is 4.31 Å². The third-order valence-electron chi connectivity index (χ3n) is 2.63. The lowest BCUT2D eigenvalue weighted by atomic mass is 10.4. The van der Waals surface area contributed by atoms with Crippen molar-refractivity contribution in [2.24, 2.45) is 0 Å². The van der Waals surface area contributed by atoms with Crippen LogP contribution in [-0.4, -0.2) is 51.1 Å². The Kier molecular flexibility index (Phi) is 6.46. The molecule has 17 heavy (non-hydrogen) atoms. The first-order chi connectivity index (χ1) is 8.06. The summed E-state index contributed by atoms with van der Waals surface area (Å²) in [7, 11) is 2.31. The van der Waals surface area contributed by atoms with Gasteiger partial charge in [0.1, 0.15) is 0 Å². The lowest BCUT2D eigenvalue weighted by Crippen LogP contribution is -2.43. The number of hydrogen-bond donors (Lipinski definition) is 0. The van der Waals surface area contributed by atoms with Crippen LogP contribution < -0.4 is 0 Å². The third kappa shape index (κ3) is 4.21. The van der Waals surface area contributed by atoms with Gasteiger partial charge in [-0.15, -0.1) is 0 Å². The van der Waals surface area contributed by atoms with Crippen molar-refractivity contribution in [3.63, 3.8) is 0 Å². The summed E-state index contributed by atoms with van der Waals surface area (Å²) in [5.41, 5.74) is 0. The SMILES string of the molecule is CO[Si](CCCN1SC(Br)CC1=O)(OC)OC. The molecule has 1 amide bonds. The highest BCUT2D eigenvalue weighted by Crippen LogP contribution is 2.33. The van der Waals surface area contributed by atoms with Gasteiger partial charge in [-0.3, -0.25) is 9.10 Å². The van der Waals surface area contributed by atoms with Gasteiger partial charge in [0.15, 0.2) is 0 Å². The Labute approximate surface area is 116 Å². The zero-order valence-corrected chi connectivity index (χ0v) is 13.7. The normalized spacial score (nSPS) is 21.3. The molecule has 1 heterocycles. The van der Waals surface area contributed by atoms with Crippen molar-refractivity contribution in [2.45, 2.75) is 23.0 Å². The van der Waals surface area contributed by atoms with Crippen LogP contribution in [0.5, 0.6) is 0 Å². The average Bonchev–Trinajstić information content (AvgIpc) is 2.64. The van der Waals surface area contributed by atoms with E-state index in [1.54, 1.807) is 37.6 Å². The minimum atomic E-state index is -2.49. The average molecular weight is 344 g/mol. The van der Waals surface area contributed by atoms with E-state index >= 15 is 0 Å². The van der Waals surface area contributed by atoms with Crippen molar-refractivity contribution < 1.29 is 18.1 Å². The maximum Gasteiger partial charge on any atom is 0.500 e. The van der Waals surface area contributed by atoms with Gasteiger partial charge in [0, 0.05) is 33.9 Å². The molecule has 1 rings (SSSR count). The second-order valence-corrected chi connectivity index (χ2v) is 9.64. The summed E-state index contributed by atoms with van der Waals surface area (Å²) < 4.78 is 18.0. The van der Waals surface area contributed by atoms with E-state index in [0.29, 0.717) is 19.0 Å². The first-order valence-electron chi connectivity index (χ1n) is 5.33. The van der Waals surface area contributed by atoms with Crippen LogP contribution in [0, 0.1) is 0 Å². The Balaban J connectivity index is 2.34. The van der Waals surface area contributed by atoms with Crippen LogP contribution >= 0.6 is 27.9 Å². The molecule has 1 atom stereocenters. The van der Waals surface area contributed by atoms with Crippen LogP contribution in [0.25, 0.3) is 0 Å². The molecule has 0 N–H and O–H groups in total. The van der Waals surface area contributed by atoms with Gasteiger partial charge in [-0.1, -0.05) is 15.9 Å². The standard InChI is InChI=1S/C9H18BrNO4SSi/c1-13-17(14-2,15-3)6-4-5-11-9(12)7-8(10)16-11/h8H,4-7H2,1-3H3. The predicted octanol–water partition coefficient (Wildman–Crippen LogP) is 1.86. The topological polar surface area (TPSA) is 48.0 Å². The van der Waals surface area contributed by atoms with Crippen molar-refractivity contribution in [3.05, 3.63) is 0 Å². The lowest BCUT2D eigenvalue weighted by molar-refractivity contribution is -0.124. The van der Waals surface area contributed by atoms with E-state index in [4.69, 9.17) is 13.3 Å². The van der Waals surface area contributed by atoms with E-state index in [1.165, 1.54) is 0 Å². The summed E-state index contributed by atoms with van der Waals surface area (Å²) in [5, 5.41) is 0. The van der Waals surface area contributed by atoms with Crippen LogP contribution in [-0.2, 0) is 18.1 Å². The van der Waals surface area contributed by atoms with Gasteiger partial charge < -0.3 is 13.3 Å². The van der Waals surface area contributed by atoms with E-state index in [9.17, 15) is 4.79 Å². The predicted molar refractivity (Wildman–Crippen MR) is 72.8 cm³/mol. The molecule has 1 aliphatic rings. The Bertz CT molecular complexity index is 259. The fourth-order valence-corrected chi connectivity index (χ4v) is 5.15. The third-order valence-corrected chi connectivity index (χ3v) is 7.33. The number of nitrogens with zero attached hydrogens (tertiary/aromatic N) is 1. The van der Waals surface area contributed by atoms with Crippen LogP contribution in [0.2, 0.25) is 6.04 Å². The summed E-state index contributed by atoms with van der Waals surface area (Å²) >= 11 is 4.97. The quantitative estimate of drug-likeness (QED) is 0.401. The van der Waals surface area contributed by atoms with Gasteiger partial charge >= 0.3 is 8.80 Å². The molecule has 0 aromatic rings. The van der Waals surface area contributed by atoms with Gasteiger partial charge in [0.25, 0.3) is 0 Å². The molecule has 0 aromatic heterocycles. The summed E-state index contributed by atoms with van der Waals surface area (Å²) in [6, 6.07) is 0.716. The zero-order valence-electron chi connectivity index (χ0n) is 10.3. The van der Waals surface area contributed by atoms with E-state index in [-0.39, 0.29) is 10.1 Å². The van der Waals surface area contributed by atoms with Crippen LogP contribution in [0.3, 0.4) is 0 Å². The molecule has 1 fully saturated rings. The second-order valence-electron chi connectivity index (χ2n) is 3.61. The van der Waals surface area contributed by atoms with E-state index in [0.717, 1.165) is 6.42 Å². The van der Waals surface area contributed by atoms with Crippen molar-refractivity contribution in [3.8, 4) is 0 Å². The molecule has 0 aliphatic carbocycles. The van der Waals surface area contributed by atoms with Gasteiger partial charge in [-0.2, -0.15) is 0 Å². The number of rotatable bonds is 7. The summed E-state index contributed by atoms with van der Waals surface area (Å²) in [4.78, 5) is 11.5. The molecule has 1 unspecified atom stereocenters. The van der Waals surface area contributed by atoms with E-state index in [2.05, 4.69) is 15.9 Å². The fraction of sp³-hybridized carbons (Fsp3) is 0.889. The molecule has 0 saturated carbocycles. The Morgan fingerprint density at radius 1 is 1.41 bits per heavy atom. The number of amides is 1. The molecule has 0 spiro atoms. The largest absolute Gasteiger partial charge is 0.500 e. The molecular weight excluding hydrogens is 326 g/mol. The zero-order chi connectivity index (χ0) is 12.9. The lowest BCUT2D eigenvalue weighted by Gasteiger charge is -2.25. The van der Waals surface area contributed by atoms with Gasteiger partial charge in [0.2, 0.25) is 5.91 Å². The Hall–Kier alpha value is 0.397. The molecule has 5 nitrogen and oxygen atoms in total. The molecule has 0 radical (unpaired) electrons. The van der Waals surface area contributed by atoms with Crippen molar-refractivity contribution >= 4 is 42.6 Å². The second kappa shape index (κ2) is 7.10. The monoisotopic (exact) mass is 343 g/mol. The number of carbonyl (C=O) groups is 1. The fourth-order valence-electron chi connectivity index (χ4n) is 1.65. The molecule has 100 valence electrons. The highest BCUT2D eigenvalue weighted by atomic mass is 79.9. The summed E-state index contributed by atoms with van der Waals surface area (Å²) in [6.07, 6.45) is 1.38. The van der Waals surface area contributed by atoms with Crippen LogP contribution in [0.1, 0.15) is 12.8 Å². The van der Waals surface area contributed by atoms with Crippen LogP contribution in [0.15, 0.2) is 0 Å². The van der Waals surface area contributed by atoms with Crippen LogP contribution in [0.4, 0.5) is 0 Å². The highest BCUT2D eigenvalue weighted by Gasteiger charge is 2.38. The number of hydrogen-bond acceptors (Lipinski definition) is 5. The highest BCUT2D eigenvalue weighted by molar-refractivity contribution is 9.11. The first-order valence-corrected chi connectivity index (χ1v) is 9.02. The van der Waals surface area contributed by atoms with Gasteiger partial charge in [-0.25, -0.2) is 0 Å². The van der Waals surface area contributed by atoms with Gasteiger partial charge in [0.05, 0.1) is 10.6 Å². The summed E-state index contributed by atoms with van der Waals surface area (Å²) in [5.74, 6) is 0.177. The number of alkyl halides is 1. The molecule has 1 aliphatic heterocycles. The van der Waals surface area contributed by atoms with E-state index in [1.807, 2.05) is 0 Å². The van der Waals surface area contributed by atoms with Crippen molar-refractivity contribution in [1.29, 1.82) is 0 Å².